The molecular weight excluding hydrogens is 314 g/mol. The Balaban J connectivity index is 1.46. The molecule has 2 N–H and O–H groups in total. The first kappa shape index (κ1) is 15.7. The number of phenols is 1. The largest absolute Gasteiger partial charge is 0.507 e. The number of phenolic OH excluding ortho intramolecular Hbond substituents is 1. The van der Waals surface area contributed by atoms with Crippen molar-refractivity contribution in [2.45, 2.75) is 25.7 Å². The third-order valence-corrected chi connectivity index (χ3v) is 4.96. The molecule has 2 heterocycles. The van der Waals surface area contributed by atoms with Crippen molar-refractivity contribution in [3.8, 4) is 5.75 Å². The van der Waals surface area contributed by atoms with E-state index in [0.717, 1.165) is 35.3 Å². The van der Waals surface area contributed by atoms with Gasteiger partial charge in [0.05, 0.1) is 16.6 Å². The predicted octanol–water partition coefficient (Wildman–Crippen LogP) is 3.60. The first-order valence-corrected chi connectivity index (χ1v) is 8.65. The lowest BCUT2D eigenvalue weighted by atomic mass is 9.95. The lowest BCUT2D eigenvalue weighted by Crippen LogP contribution is -2.38. The molecule has 1 aliphatic rings. The van der Waals surface area contributed by atoms with Crippen molar-refractivity contribution in [1.29, 1.82) is 0 Å². The van der Waals surface area contributed by atoms with E-state index in [2.05, 4.69) is 9.97 Å². The number of carbonyl (C=O) groups excluding carboxylic acids is 1. The Kier molecular flexibility index (Phi) is 3.92. The van der Waals surface area contributed by atoms with Crippen molar-refractivity contribution >= 4 is 16.9 Å². The molecule has 128 valence electrons. The number of H-pyrrole nitrogens is 1. The molecule has 3 aromatic rings. The molecule has 25 heavy (non-hydrogen) atoms. The number of carbonyl (C=O) groups is 1. The average Bonchev–Trinajstić information content (AvgIpc) is 3.05. The quantitative estimate of drug-likeness (QED) is 0.752. The predicted molar refractivity (Wildman–Crippen MR) is 96.8 cm³/mol. The van der Waals surface area contributed by atoms with Crippen LogP contribution in [0.4, 0.5) is 0 Å². The molecule has 0 bridgehead atoms. The van der Waals surface area contributed by atoms with Gasteiger partial charge in [-0.15, -0.1) is 0 Å². The van der Waals surface area contributed by atoms with Crippen molar-refractivity contribution in [1.82, 2.24) is 14.9 Å². The molecule has 1 aliphatic heterocycles. The second kappa shape index (κ2) is 6.24. The van der Waals surface area contributed by atoms with Gasteiger partial charge in [-0.2, -0.15) is 0 Å². The molecule has 0 saturated carbocycles. The van der Waals surface area contributed by atoms with Crippen molar-refractivity contribution in [2.75, 3.05) is 13.1 Å². The number of rotatable bonds is 2. The summed E-state index contributed by atoms with van der Waals surface area (Å²) in [5, 5.41) is 10.0. The topological polar surface area (TPSA) is 69.2 Å². The summed E-state index contributed by atoms with van der Waals surface area (Å²) in [6.07, 6.45) is 1.75. The normalized spacial score (nSPS) is 15.6. The van der Waals surface area contributed by atoms with E-state index in [9.17, 15) is 9.90 Å². The number of piperidine rings is 1. The molecule has 0 radical (unpaired) electrons. The van der Waals surface area contributed by atoms with Crippen LogP contribution in [0.2, 0.25) is 0 Å². The summed E-state index contributed by atoms with van der Waals surface area (Å²) in [6.45, 7) is 3.24. The fourth-order valence-corrected chi connectivity index (χ4v) is 3.51. The Morgan fingerprint density at radius 1 is 1.20 bits per heavy atom. The summed E-state index contributed by atoms with van der Waals surface area (Å²) in [5.41, 5.74) is 3.37. The highest BCUT2D eigenvalue weighted by atomic mass is 16.3. The van der Waals surface area contributed by atoms with Crippen LogP contribution < -0.4 is 0 Å². The average molecular weight is 335 g/mol. The van der Waals surface area contributed by atoms with Crippen LogP contribution in [0.1, 0.15) is 40.5 Å². The number of benzene rings is 2. The molecular formula is C20H21N3O2. The van der Waals surface area contributed by atoms with Gasteiger partial charge in [0, 0.05) is 19.0 Å². The fourth-order valence-electron chi connectivity index (χ4n) is 3.51. The zero-order chi connectivity index (χ0) is 17.4. The minimum atomic E-state index is -0.0967. The second-order valence-electron chi connectivity index (χ2n) is 6.73. The van der Waals surface area contributed by atoms with Crippen LogP contribution in [0.3, 0.4) is 0 Å². The smallest absolute Gasteiger partial charge is 0.257 e. The van der Waals surface area contributed by atoms with Crippen LogP contribution in [0.15, 0.2) is 42.5 Å². The fraction of sp³-hybridized carbons (Fsp3) is 0.300. The zero-order valence-corrected chi connectivity index (χ0v) is 14.2. The van der Waals surface area contributed by atoms with Crippen LogP contribution in [0, 0.1) is 6.92 Å². The third-order valence-electron chi connectivity index (χ3n) is 4.96. The van der Waals surface area contributed by atoms with Crippen LogP contribution in [0.5, 0.6) is 5.75 Å². The van der Waals surface area contributed by atoms with Crippen molar-refractivity contribution < 1.29 is 9.90 Å². The highest BCUT2D eigenvalue weighted by Gasteiger charge is 2.27. The number of para-hydroxylation sites is 2. The molecule has 1 aromatic heterocycles. The molecule has 0 aliphatic carbocycles. The summed E-state index contributed by atoms with van der Waals surface area (Å²) >= 11 is 0. The number of fused-ring (bicyclic) bond motifs is 1. The minimum Gasteiger partial charge on any atom is -0.507 e. The van der Waals surface area contributed by atoms with Gasteiger partial charge >= 0.3 is 0 Å². The molecule has 0 unspecified atom stereocenters. The summed E-state index contributed by atoms with van der Waals surface area (Å²) < 4.78 is 0. The number of imidazole rings is 1. The number of hydrogen-bond acceptors (Lipinski definition) is 3. The van der Waals surface area contributed by atoms with Gasteiger partial charge < -0.3 is 15.0 Å². The number of nitrogens with one attached hydrogen (secondary N) is 1. The lowest BCUT2D eigenvalue weighted by Gasteiger charge is -2.31. The lowest BCUT2D eigenvalue weighted by molar-refractivity contribution is 0.0708. The van der Waals surface area contributed by atoms with Crippen molar-refractivity contribution in [2.24, 2.45) is 0 Å². The number of amides is 1. The number of aromatic nitrogens is 2. The molecule has 1 saturated heterocycles. The van der Waals surface area contributed by atoms with E-state index in [1.165, 1.54) is 0 Å². The van der Waals surface area contributed by atoms with Crippen LogP contribution in [-0.4, -0.2) is 39.0 Å². The summed E-state index contributed by atoms with van der Waals surface area (Å²) in [6, 6.07) is 13.2. The Morgan fingerprint density at radius 2 is 1.96 bits per heavy atom. The Morgan fingerprint density at radius 3 is 2.68 bits per heavy atom. The zero-order valence-electron chi connectivity index (χ0n) is 14.2. The molecule has 5 nitrogen and oxygen atoms in total. The number of aromatic amines is 1. The summed E-state index contributed by atoms with van der Waals surface area (Å²) in [7, 11) is 0. The van der Waals surface area contributed by atoms with Crippen molar-refractivity contribution in [3.05, 3.63) is 59.4 Å². The van der Waals surface area contributed by atoms with Gasteiger partial charge in [0.15, 0.2) is 0 Å². The van der Waals surface area contributed by atoms with E-state index in [1.54, 1.807) is 12.1 Å². The van der Waals surface area contributed by atoms with Crippen molar-refractivity contribution in [3.63, 3.8) is 0 Å². The monoisotopic (exact) mass is 335 g/mol. The van der Waals surface area contributed by atoms with E-state index in [4.69, 9.17) is 0 Å². The maximum absolute atomic E-state index is 12.7. The van der Waals surface area contributed by atoms with Gasteiger partial charge in [-0.1, -0.05) is 18.2 Å². The first-order valence-electron chi connectivity index (χ1n) is 8.65. The number of aryl methyl sites for hydroxylation is 1. The first-order chi connectivity index (χ1) is 12.1. The molecule has 1 amide bonds. The van der Waals surface area contributed by atoms with Gasteiger partial charge in [-0.05, 0) is 49.6 Å². The van der Waals surface area contributed by atoms with Gasteiger partial charge in [0.1, 0.15) is 11.6 Å². The Hall–Kier alpha value is -2.82. The van der Waals surface area contributed by atoms with E-state index in [-0.39, 0.29) is 11.7 Å². The van der Waals surface area contributed by atoms with E-state index >= 15 is 0 Å². The molecule has 0 spiro atoms. The standard InChI is InChI=1S/C20H21N3O2/c1-13-6-7-15(18(24)12-13)20(25)23-10-8-14(9-11-23)19-21-16-4-2-3-5-17(16)22-19/h2-7,12,14,24H,8-11H2,1H3,(H,21,22). The van der Waals surface area contributed by atoms with Gasteiger partial charge in [-0.25, -0.2) is 4.98 Å². The van der Waals surface area contributed by atoms with Crippen LogP contribution >= 0.6 is 0 Å². The maximum Gasteiger partial charge on any atom is 0.257 e. The molecule has 1 fully saturated rings. The summed E-state index contributed by atoms with van der Waals surface area (Å²) in [5.74, 6) is 1.31. The Labute approximate surface area is 146 Å². The van der Waals surface area contributed by atoms with E-state index < -0.39 is 0 Å². The van der Waals surface area contributed by atoms with E-state index in [0.29, 0.717) is 24.6 Å². The number of hydrogen-bond donors (Lipinski definition) is 2. The van der Waals surface area contributed by atoms with E-state index in [1.807, 2.05) is 42.2 Å². The number of aromatic hydroxyl groups is 1. The molecule has 4 rings (SSSR count). The SMILES string of the molecule is Cc1ccc(C(=O)N2CCC(c3nc4ccccc4[nH]3)CC2)c(O)c1. The number of nitrogens with zero attached hydrogens (tertiary/aromatic N) is 2. The maximum atomic E-state index is 12.7. The molecule has 2 aromatic carbocycles. The van der Waals surface area contributed by atoms with Crippen LogP contribution in [-0.2, 0) is 0 Å². The summed E-state index contributed by atoms with van der Waals surface area (Å²) in [4.78, 5) is 22.6. The highest BCUT2D eigenvalue weighted by molar-refractivity contribution is 5.97. The van der Waals surface area contributed by atoms with Gasteiger partial charge in [-0.3, -0.25) is 4.79 Å². The Bertz CT molecular complexity index is 891. The van der Waals surface area contributed by atoms with Crippen LogP contribution in [0.25, 0.3) is 11.0 Å². The number of likely N-dealkylation sites (tertiary alicyclic amines) is 1. The third kappa shape index (κ3) is 2.97. The highest BCUT2D eigenvalue weighted by Crippen LogP contribution is 2.29. The minimum absolute atomic E-state index is 0.0596. The molecule has 5 heteroatoms. The second-order valence-corrected chi connectivity index (χ2v) is 6.73. The molecule has 0 atom stereocenters. The van der Waals surface area contributed by atoms with Gasteiger partial charge in [0.2, 0.25) is 0 Å². The van der Waals surface area contributed by atoms with Gasteiger partial charge in [0.25, 0.3) is 5.91 Å².